The molecule has 0 saturated carbocycles. The van der Waals surface area contributed by atoms with Crippen LogP contribution in [0.25, 0.3) is 0 Å². The number of benzene rings is 1. The van der Waals surface area contributed by atoms with Gasteiger partial charge in [-0.2, -0.15) is 13.9 Å². The van der Waals surface area contributed by atoms with Gasteiger partial charge in [-0.1, -0.05) is 30.3 Å². The first-order valence-electron chi connectivity index (χ1n) is 4.75. The van der Waals surface area contributed by atoms with Gasteiger partial charge >= 0.3 is 5.38 Å². The van der Waals surface area contributed by atoms with Crippen LogP contribution in [0.4, 0.5) is 8.78 Å². The summed E-state index contributed by atoms with van der Waals surface area (Å²) in [7, 11) is 3.06. The van der Waals surface area contributed by atoms with Crippen molar-refractivity contribution in [1.29, 1.82) is 0 Å². The van der Waals surface area contributed by atoms with Crippen molar-refractivity contribution in [3.8, 4) is 0 Å². The maximum absolute atomic E-state index is 12.8. The molecule has 0 spiro atoms. The second-order valence-electron chi connectivity index (χ2n) is 3.49. The van der Waals surface area contributed by atoms with Crippen molar-refractivity contribution in [3.05, 3.63) is 35.9 Å². The van der Waals surface area contributed by atoms with Gasteiger partial charge in [0.2, 0.25) is 0 Å². The first kappa shape index (κ1) is 13.6. The van der Waals surface area contributed by atoms with Crippen molar-refractivity contribution in [2.75, 3.05) is 14.1 Å². The van der Waals surface area contributed by atoms with E-state index in [0.29, 0.717) is 5.56 Å². The molecule has 3 nitrogen and oxygen atoms in total. The van der Waals surface area contributed by atoms with E-state index in [1.165, 1.54) is 31.2 Å². The van der Waals surface area contributed by atoms with E-state index in [9.17, 15) is 13.6 Å². The number of hydrogen-bond donors (Lipinski definition) is 0. The molecule has 1 aromatic rings. The van der Waals surface area contributed by atoms with Gasteiger partial charge in [-0.25, -0.2) is 0 Å². The highest BCUT2D eigenvalue weighted by atomic mass is 35.5. The lowest BCUT2D eigenvalue weighted by atomic mass is 10.1. The molecule has 0 bridgehead atoms. The molecule has 0 unspecified atom stereocenters. The van der Waals surface area contributed by atoms with Gasteiger partial charge in [0, 0.05) is 19.7 Å². The van der Waals surface area contributed by atoms with E-state index < -0.39 is 11.2 Å². The molecule has 0 aliphatic heterocycles. The van der Waals surface area contributed by atoms with Crippen LogP contribution >= 0.6 is 11.6 Å². The Morgan fingerprint density at radius 1 is 1.29 bits per heavy atom. The minimum absolute atomic E-state index is 0.298. The fraction of sp³-hybridized carbons (Fsp3) is 0.273. The van der Waals surface area contributed by atoms with Crippen LogP contribution < -0.4 is 0 Å². The number of hydrazone groups is 1. The molecule has 6 heteroatoms. The Labute approximate surface area is 103 Å². The first-order valence-corrected chi connectivity index (χ1v) is 5.13. The van der Waals surface area contributed by atoms with Crippen LogP contribution in [0.5, 0.6) is 0 Å². The standard InChI is InChI=1S/C11H11ClF2N2O/c1-16(2)15-9(10(17)11(12,13)14)8-6-4-3-5-7-8/h3-7H,1-2H3/b15-9+. The van der Waals surface area contributed by atoms with E-state index in [1.807, 2.05) is 0 Å². The molecular weight excluding hydrogens is 250 g/mol. The van der Waals surface area contributed by atoms with E-state index in [2.05, 4.69) is 5.10 Å². The number of alkyl halides is 3. The van der Waals surface area contributed by atoms with Crippen LogP contribution in [0.3, 0.4) is 0 Å². The van der Waals surface area contributed by atoms with Gasteiger partial charge in [-0.15, -0.1) is 0 Å². The molecule has 0 heterocycles. The Morgan fingerprint density at radius 2 is 1.82 bits per heavy atom. The fourth-order valence-corrected chi connectivity index (χ4v) is 1.25. The zero-order chi connectivity index (χ0) is 13.1. The summed E-state index contributed by atoms with van der Waals surface area (Å²) in [5.74, 6) is -1.51. The highest BCUT2D eigenvalue weighted by Gasteiger charge is 2.39. The van der Waals surface area contributed by atoms with E-state index in [-0.39, 0.29) is 5.71 Å². The lowest BCUT2D eigenvalue weighted by molar-refractivity contribution is -0.126. The summed E-state index contributed by atoms with van der Waals surface area (Å²) in [5.41, 5.74) is -0.0675. The molecule has 0 aromatic heterocycles. The van der Waals surface area contributed by atoms with Crippen molar-refractivity contribution in [2.45, 2.75) is 5.38 Å². The minimum atomic E-state index is -3.95. The number of carbonyl (C=O) groups is 1. The zero-order valence-corrected chi connectivity index (χ0v) is 10.1. The van der Waals surface area contributed by atoms with Crippen molar-refractivity contribution in [2.24, 2.45) is 5.10 Å². The average molecular weight is 261 g/mol. The average Bonchev–Trinajstić information content (AvgIpc) is 2.24. The Balaban J connectivity index is 3.20. The largest absolute Gasteiger partial charge is 0.386 e. The molecule has 0 N–H and O–H groups in total. The van der Waals surface area contributed by atoms with Crippen LogP contribution in [-0.2, 0) is 4.79 Å². The molecule has 0 fully saturated rings. The molecule has 1 aromatic carbocycles. The maximum atomic E-state index is 12.8. The highest BCUT2D eigenvalue weighted by molar-refractivity contribution is 6.55. The van der Waals surface area contributed by atoms with Crippen LogP contribution in [0, 0.1) is 0 Å². The van der Waals surface area contributed by atoms with Crippen LogP contribution in [-0.4, -0.2) is 36.0 Å². The maximum Gasteiger partial charge on any atom is 0.386 e. The number of rotatable bonds is 4. The van der Waals surface area contributed by atoms with E-state index in [0.717, 1.165) is 0 Å². The molecule has 0 amide bonds. The van der Waals surface area contributed by atoms with Crippen LogP contribution in [0.2, 0.25) is 0 Å². The third-order valence-corrected chi connectivity index (χ3v) is 1.99. The number of halogens is 3. The number of carbonyl (C=O) groups excluding carboxylic acids is 1. The Morgan fingerprint density at radius 3 is 2.24 bits per heavy atom. The number of hydrogen-bond acceptors (Lipinski definition) is 3. The van der Waals surface area contributed by atoms with E-state index >= 15 is 0 Å². The molecule has 0 saturated heterocycles. The van der Waals surface area contributed by atoms with Crippen molar-refractivity contribution in [3.63, 3.8) is 0 Å². The summed E-state index contributed by atoms with van der Waals surface area (Å²) in [5, 5.41) is 1.06. The Hall–Kier alpha value is -1.49. The summed E-state index contributed by atoms with van der Waals surface area (Å²) in [6, 6.07) is 7.99. The molecule has 0 aliphatic rings. The third-order valence-electron chi connectivity index (χ3n) is 1.82. The van der Waals surface area contributed by atoms with E-state index in [1.54, 1.807) is 18.2 Å². The van der Waals surface area contributed by atoms with Gasteiger partial charge in [-0.05, 0) is 11.6 Å². The molecular formula is C11H11ClF2N2O. The second-order valence-corrected chi connectivity index (χ2v) is 3.96. The van der Waals surface area contributed by atoms with Gasteiger partial charge in [-0.3, -0.25) is 4.79 Å². The fourth-order valence-electron chi connectivity index (χ4n) is 1.16. The third kappa shape index (κ3) is 3.78. The van der Waals surface area contributed by atoms with Gasteiger partial charge in [0.15, 0.2) is 0 Å². The normalized spacial score (nSPS) is 12.4. The molecule has 1 rings (SSSR count). The molecule has 0 radical (unpaired) electrons. The molecule has 0 atom stereocenters. The zero-order valence-electron chi connectivity index (χ0n) is 9.32. The predicted octanol–water partition coefficient (Wildman–Crippen LogP) is 2.35. The van der Waals surface area contributed by atoms with Crippen molar-refractivity contribution in [1.82, 2.24) is 5.01 Å². The highest BCUT2D eigenvalue weighted by Crippen LogP contribution is 2.22. The smallest absolute Gasteiger partial charge is 0.302 e. The molecule has 17 heavy (non-hydrogen) atoms. The summed E-state index contributed by atoms with van der Waals surface area (Å²) >= 11 is 4.73. The van der Waals surface area contributed by atoms with Crippen molar-refractivity contribution >= 4 is 23.1 Å². The van der Waals surface area contributed by atoms with E-state index in [4.69, 9.17) is 11.6 Å². The number of nitrogens with zero attached hydrogens (tertiary/aromatic N) is 2. The van der Waals surface area contributed by atoms with Gasteiger partial charge in [0.1, 0.15) is 5.71 Å². The Bertz CT molecular complexity index is 427. The lowest BCUT2D eigenvalue weighted by Crippen LogP contribution is -2.32. The lowest BCUT2D eigenvalue weighted by Gasteiger charge is -2.12. The predicted molar refractivity (Wildman–Crippen MR) is 62.5 cm³/mol. The first-order chi connectivity index (χ1) is 7.82. The van der Waals surface area contributed by atoms with Crippen molar-refractivity contribution < 1.29 is 13.6 Å². The monoisotopic (exact) mass is 260 g/mol. The summed E-state index contributed by atoms with van der Waals surface area (Å²) in [6.45, 7) is 0. The minimum Gasteiger partial charge on any atom is -0.302 e. The van der Waals surface area contributed by atoms with Gasteiger partial charge < -0.3 is 5.01 Å². The second kappa shape index (κ2) is 5.23. The van der Waals surface area contributed by atoms with Gasteiger partial charge in [0.05, 0.1) is 0 Å². The Kier molecular flexibility index (Phi) is 4.17. The van der Waals surface area contributed by atoms with Crippen LogP contribution in [0.1, 0.15) is 5.56 Å². The summed E-state index contributed by atoms with van der Waals surface area (Å²) < 4.78 is 25.6. The SMILES string of the molecule is CN(C)/N=C(/C(=O)C(F)(F)Cl)c1ccccc1. The van der Waals surface area contributed by atoms with Gasteiger partial charge in [0.25, 0.3) is 5.78 Å². The summed E-state index contributed by atoms with van der Waals surface area (Å²) in [4.78, 5) is 11.5. The topological polar surface area (TPSA) is 32.7 Å². The number of Topliss-reactive ketones (excluding diaryl/α,β-unsaturated/α-hetero) is 1. The van der Waals surface area contributed by atoms with Crippen LogP contribution in [0.15, 0.2) is 35.4 Å². The molecule has 0 aliphatic carbocycles. The molecule has 92 valence electrons. The quantitative estimate of drug-likeness (QED) is 0.473. The summed E-state index contributed by atoms with van der Waals surface area (Å²) in [6.07, 6.45) is 0. The number of ketones is 1.